The Hall–Kier alpha value is -12.9. The number of amides is 7. The molecule has 7 aromatic heterocycles. The summed E-state index contributed by atoms with van der Waals surface area (Å²) in [7, 11) is 0. The number of fused-ring (bicyclic) bond motifs is 9. The van der Waals surface area contributed by atoms with Gasteiger partial charge in [0, 0.05) is 124 Å². The maximum absolute atomic E-state index is 12.8. The Bertz CT molecular complexity index is 7190. The van der Waals surface area contributed by atoms with Gasteiger partial charge in [0.1, 0.15) is 39.9 Å². The van der Waals surface area contributed by atoms with Crippen molar-refractivity contribution in [3.05, 3.63) is 280 Å². The lowest BCUT2D eigenvalue weighted by Crippen LogP contribution is -2.60. The van der Waals surface area contributed by atoms with Gasteiger partial charge in [-0.1, -0.05) is 159 Å². The number of nitrogens with one attached hydrogen (secondary N) is 14. The Morgan fingerprint density at radius 1 is 0.284 bits per heavy atom. The average molecular weight is 2020 g/mol. The van der Waals surface area contributed by atoms with Crippen LogP contribution in [0.5, 0.6) is 0 Å². The van der Waals surface area contributed by atoms with Gasteiger partial charge in [-0.25, -0.2) is 0 Å². The number of hydrogen-bond acceptors (Lipinski definition) is 7. The second-order valence-electron chi connectivity index (χ2n) is 45.7. The first-order chi connectivity index (χ1) is 70.7. The van der Waals surface area contributed by atoms with Gasteiger partial charge in [0.2, 0.25) is 0 Å². The first-order valence-electron chi connectivity index (χ1n) is 54.8. The van der Waals surface area contributed by atoms with Crippen LogP contribution < -0.4 is 37.2 Å². The van der Waals surface area contributed by atoms with Gasteiger partial charge in [0.25, 0.3) is 41.4 Å². The Morgan fingerprint density at radius 2 is 0.520 bits per heavy atom. The lowest BCUT2D eigenvalue weighted by molar-refractivity contribution is -0.113. The lowest BCUT2D eigenvalue weighted by Gasteiger charge is -2.62. The van der Waals surface area contributed by atoms with E-state index < -0.39 is 0 Å². The number of benzene rings is 8. The molecule has 0 aliphatic heterocycles. The predicted octanol–water partition coefficient (Wildman–Crippen LogP) is 28.7. The van der Waals surface area contributed by atoms with Crippen molar-refractivity contribution < 1.29 is 33.6 Å². The van der Waals surface area contributed by atoms with Crippen LogP contribution in [0.15, 0.2) is 152 Å². The van der Waals surface area contributed by atoms with Crippen molar-refractivity contribution in [3.8, 4) is 0 Å². The van der Waals surface area contributed by atoms with Crippen molar-refractivity contribution in [3.63, 3.8) is 0 Å². The number of aryl methyl sites for hydroxylation is 14. The number of carbonyl (C=O) groups is 7. The third-order valence-corrected chi connectivity index (χ3v) is 33.1. The second kappa shape index (κ2) is 47.7. The number of rotatable bonds is 15. The smallest absolute Gasteiger partial charge is 0.267 e. The first-order valence-corrected chi connectivity index (χ1v) is 55.2. The normalized spacial score (nSPS) is 19.7. The minimum atomic E-state index is -0.117. The van der Waals surface area contributed by atoms with Gasteiger partial charge in [0.15, 0.2) is 0 Å². The molecular formula is C126H159ClN14O7. The molecule has 8 aromatic carbocycles. The van der Waals surface area contributed by atoms with Crippen LogP contribution in [0.2, 0.25) is 5.02 Å². The van der Waals surface area contributed by atoms with Crippen LogP contribution in [0.3, 0.4) is 0 Å². The van der Waals surface area contributed by atoms with Crippen molar-refractivity contribution >= 4 is 129 Å². The van der Waals surface area contributed by atoms with E-state index in [2.05, 4.69) is 282 Å². The molecule has 7 amide bonds. The van der Waals surface area contributed by atoms with E-state index in [0.29, 0.717) is 99.0 Å². The molecule has 148 heavy (non-hydrogen) atoms. The molecule has 0 saturated heterocycles. The zero-order chi connectivity index (χ0) is 105. The van der Waals surface area contributed by atoms with Crippen LogP contribution in [0.4, 0.5) is 0 Å². The zero-order valence-electron chi connectivity index (χ0n) is 90.9. The summed E-state index contributed by atoms with van der Waals surface area (Å²) >= 11 is 5.94. The molecule has 15 aromatic rings. The molecule has 7 heterocycles. The minimum Gasteiger partial charge on any atom is -0.351 e. The molecule has 0 unspecified atom stereocenters. The highest BCUT2D eigenvalue weighted by Gasteiger charge is 2.56. The molecule has 8 fully saturated rings. The summed E-state index contributed by atoms with van der Waals surface area (Å²) in [6.45, 7) is 41.3. The summed E-state index contributed by atoms with van der Waals surface area (Å²) in [6, 6.07) is 53.0. The highest BCUT2D eigenvalue weighted by atomic mass is 35.5. The van der Waals surface area contributed by atoms with Crippen LogP contribution in [-0.4, -0.2) is 112 Å². The third-order valence-electron chi connectivity index (χ3n) is 32.9. The molecule has 782 valence electrons. The monoisotopic (exact) mass is 2020 g/mol. The molecule has 22 heteroatoms. The molecule has 23 rings (SSSR count). The Morgan fingerprint density at radius 3 is 0.770 bits per heavy atom. The van der Waals surface area contributed by atoms with E-state index in [4.69, 9.17) is 11.6 Å². The molecule has 2 bridgehead atoms. The number of aromatic nitrogens is 7. The molecule has 0 spiro atoms. The summed E-state index contributed by atoms with van der Waals surface area (Å²) in [4.78, 5) is 110. The SMILES string of the molecule is Cc1cc(C)c2cc(C(=O)NC3CCC(C)CC3)[nH]c2c1.Cc1cc(C)c2cc(C(=O)NC3CCC(C)CC3)[nH]c2c1.Cc1cc(C)c2cc(C(=O)NC3CCCC3)[nH]c2c1.Cc1cc(C)c2cc(C(=O)NC3CCCCC3)[nH]c2c1.Cc1cc(C)c2cc(C(=O)NC3CCCCCC3)[nH]c2c1.Cc1cc(C)c2cc(C(=O)NCc3cccc(Cl)c3)[nH]c2c1.Cc1cc(C)c2cc(C(=O)N[C@@H]3C[C@@H]4C[C@H]([C@H]3C)C4(C)C)[nH]c2c1. The van der Waals surface area contributed by atoms with Gasteiger partial charge >= 0.3 is 0 Å². The molecule has 0 radical (unpaired) electrons. The summed E-state index contributed by atoms with van der Waals surface area (Å²) in [6.07, 6.45) is 29.7. The third kappa shape index (κ3) is 26.9. The van der Waals surface area contributed by atoms with Crippen molar-refractivity contribution in [1.29, 1.82) is 0 Å². The van der Waals surface area contributed by atoms with E-state index >= 15 is 0 Å². The Kier molecular flexibility index (Phi) is 34.8. The zero-order valence-corrected chi connectivity index (χ0v) is 91.7. The first kappa shape index (κ1) is 108. The fraction of sp³-hybridized carbons (Fsp3) is 0.452. The van der Waals surface area contributed by atoms with Crippen LogP contribution >= 0.6 is 11.6 Å². The van der Waals surface area contributed by atoms with E-state index in [-0.39, 0.29) is 41.4 Å². The molecule has 21 nitrogen and oxygen atoms in total. The van der Waals surface area contributed by atoms with Crippen LogP contribution in [0.25, 0.3) is 76.3 Å². The summed E-state index contributed by atoms with van der Waals surface area (Å²) < 4.78 is 0. The number of H-pyrrole nitrogens is 7. The summed E-state index contributed by atoms with van der Waals surface area (Å²) in [5.41, 5.74) is 30.3. The van der Waals surface area contributed by atoms with Crippen LogP contribution in [0.1, 0.15) is 352 Å². The molecule has 8 saturated carbocycles. The van der Waals surface area contributed by atoms with Gasteiger partial charge in [-0.05, 0) is 415 Å². The van der Waals surface area contributed by atoms with Crippen molar-refractivity contribution in [1.82, 2.24) is 72.1 Å². The molecule has 8 aliphatic carbocycles. The maximum atomic E-state index is 12.8. The molecule has 8 aliphatic rings. The average Bonchev–Trinajstić information content (AvgIpc) is 0.780. The molecular weight excluding hydrogens is 1860 g/mol. The molecule has 14 N–H and O–H groups in total. The number of halogens is 1. The summed E-state index contributed by atoms with van der Waals surface area (Å²) in [5, 5.41) is 30.7. The molecule has 4 atom stereocenters. The maximum Gasteiger partial charge on any atom is 0.267 e. The summed E-state index contributed by atoms with van der Waals surface area (Å²) in [5.74, 6) is 3.75. The fourth-order valence-corrected chi connectivity index (χ4v) is 24.6. The minimum absolute atomic E-state index is 0.0279. The standard InChI is InChI=1S/C21H28N2O.C18H17ClN2O.3C18H24N2O.C17H22N2O.C16H20N2O/c1-11-6-12(2)15-10-19(22-18(15)7-11)20(24)23-17-9-14-8-16(13(17)3)21(14,4)5;1-11-6-12(2)15-9-17(21-16(15)7-11)18(22)20-10-13-4-3-5-14(19)8-13;2*1-11-4-6-14(7-5-11)19-18(21)17-10-15-13(3)8-12(2)9-16(15)20-17;1-12-9-13(2)15-11-17(20-16(15)10-12)18(21)19-14-7-5-3-4-6-8-14;1-11-8-12(2)14-10-16(19-15(14)9-11)17(20)18-13-6-4-3-5-7-13;1-10-7-11(2)13-9-15(18-14(13)8-10)16(19)17-12-5-3-4-6-12/h6-7,10,13-14,16-17,22H,8-9H2,1-5H3,(H,23,24);3-9,21H,10H2,1-2H3,(H,20,22);2*8-11,14,20H,4-7H2,1-3H3,(H,19,21);9-11,14,20H,3-8H2,1-2H3,(H,19,21);8-10,13,19H,3-7H2,1-2H3,(H,18,20);7-9,12,18H,3-6H2,1-2H3,(H,17,19)/t13-,14+,16-,17-;;;;;;/m1....../s1. The quantitative estimate of drug-likeness (QED) is 0.0440. The van der Waals surface area contributed by atoms with Gasteiger partial charge in [0.05, 0.1) is 0 Å². The van der Waals surface area contributed by atoms with Crippen LogP contribution in [0, 0.1) is 132 Å². The Labute approximate surface area is 879 Å². The highest BCUT2D eigenvalue weighted by Crippen LogP contribution is 2.61. The van der Waals surface area contributed by atoms with E-state index in [1.807, 2.05) is 73.7 Å². The number of hydrogen-bond donors (Lipinski definition) is 14. The van der Waals surface area contributed by atoms with E-state index in [9.17, 15) is 33.6 Å². The number of carbonyl (C=O) groups excluding carboxylic acids is 7. The van der Waals surface area contributed by atoms with Gasteiger partial charge in [-0.3, -0.25) is 33.6 Å². The van der Waals surface area contributed by atoms with E-state index in [0.717, 1.165) is 176 Å². The van der Waals surface area contributed by atoms with E-state index in [1.54, 1.807) is 0 Å². The Balaban J connectivity index is 0.000000123. The van der Waals surface area contributed by atoms with Gasteiger partial charge in [-0.2, -0.15) is 0 Å². The van der Waals surface area contributed by atoms with Crippen molar-refractivity contribution in [2.24, 2.45) is 35.0 Å². The topological polar surface area (TPSA) is 314 Å². The predicted molar refractivity (Wildman–Crippen MR) is 608 cm³/mol. The van der Waals surface area contributed by atoms with Crippen molar-refractivity contribution in [2.45, 2.75) is 335 Å². The van der Waals surface area contributed by atoms with Crippen molar-refractivity contribution in [2.75, 3.05) is 0 Å². The second-order valence-corrected chi connectivity index (χ2v) is 46.2. The van der Waals surface area contributed by atoms with Gasteiger partial charge < -0.3 is 72.1 Å². The van der Waals surface area contributed by atoms with Crippen LogP contribution in [-0.2, 0) is 6.54 Å². The van der Waals surface area contributed by atoms with E-state index in [1.165, 1.54) is 168 Å². The van der Waals surface area contributed by atoms with Gasteiger partial charge in [-0.15, -0.1) is 0 Å². The number of aromatic amines is 7. The fourth-order valence-electron chi connectivity index (χ4n) is 24.4. The highest BCUT2D eigenvalue weighted by molar-refractivity contribution is 6.30. The lowest BCUT2D eigenvalue weighted by atomic mass is 9.45. The largest absolute Gasteiger partial charge is 0.351 e.